The number of hydrogen-bond donors (Lipinski definition) is 1. The molecule has 3 fully saturated rings. The van der Waals surface area contributed by atoms with E-state index in [0.717, 1.165) is 5.52 Å². The highest BCUT2D eigenvalue weighted by Crippen LogP contribution is 2.64. The fraction of sp³-hybridized carbons (Fsp3) is 0.552. The lowest BCUT2D eigenvalue weighted by molar-refractivity contribution is -0.163. The molecule has 4 heterocycles. The molecule has 6 atom stereocenters. The number of likely N-dealkylation sites (tertiary alicyclic amines) is 1. The number of rotatable bonds is 12. The standard InChI is InChI=1S/C29H37N5O6/c1-5-8-16-39-27(38)23-22-25(36)34(19(4)17-35)24(29(22)14-13-28(23,7-3)40-29)26(37)32(15-6-2)18-33-21-12-10-9-11-20(21)30-31-33/h5-6,9-12,19,22-24,35H,1-2,7-8,13-18H2,3-4H3/t19-,22+,23-,24?,28+,29?/m1/s1. The summed E-state index contributed by atoms with van der Waals surface area (Å²) in [6, 6.07) is 5.73. The number of aliphatic hydroxyl groups excluding tert-OH is 1. The third-order valence-electron chi connectivity index (χ3n) is 8.80. The summed E-state index contributed by atoms with van der Waals surface area (Å²) < 4.78 is 14.0. The van der Waals surface area contributed by atoms with Gasteiger partial charge in [-0.25, -0.2) is 4.68 Å². The third-order valence-corrected chi connectivity index (χ3v) is 8.80. The van der Waals surface area contributed by atoms with E-state index in [-0.39, 0.29) is 38.2 Å². The molecule has 2 unspecified atom stereocenters. The lowest BCUT2D eigenvalue weighted by atomic mass is 9.65. The zero-order valence-electron chi connectivity index (χ0n) is 23.1. The summed E-state index contributed by atoms with van der Waals surface area (Å²) in [4.78, 5) is 45.1. The molecule has 214 valence electrons. The molecule has 1 spiro atoms. The Balaban J connectivity index is 1.54. The van der Waals surface area contributed by atoms with Gasteiger partial charge in [0.15, 0.2) is 0 Å². The molecule has 0 saturated carbocycles. The molecule has 5 rings (SSSR count). The quantitative estimate of drug-likeness (QED) is 0.241. The van der Waals surface area contributed by atoms with Gasteiger partial charge in [0.1, 0.15) is 29.7 Å². The zero-order chi connectivity index (χ0) is 28.7. The normalized spacial score (nSPS) is 29.4. The van der Waals surface area contributed by atoms with Gasteiger partial charge in [-0.3, -0.25) is 14.4 Å². The predicted octanol–water partition coefficient (Wildman–Crippen LogP) is 2.06. The number of aliphatic hydroxyl groups is 1. The Labute approximate surface area is 233 Å². The number of hydrogen-bond acceptors (Lipinski definition) is 8. The van der Waals surface area contributed by atoms with Crippen molar-refractivity contribution in [2.24, 2.45) is 11.8 Å². The SMILES string of the molecule is C=CCCOC(=O)[C@H]1[C@H]2C(=O)N([C@H](C)CO)C(C(=O)N(CC=C)Cn3nnc4ccccc43)C23CC[C@]1(CC)O3. The van der Waals surface area contributed by atoms with Crippen molar-refractivity contribution in [1.82, 2.24) is 24.8 Å². The van der Waals surface area contributed by atoms with E-state index < -0.39 is 41.1 Å². The third kappa shape index (κ3) is 4.14. The number of benzene rings is 1. The number of carbonyl (C=O) groups excluding carboxylic acids is 3. The van der Waals surface area contributed by atoms with E-state index in [0.29, 0.717) is 31.2 Å². The summed E-state index contributed by atoms with van der Waals surface area (Å²) in [5.41, 5.74) is -0.670. The molecule has 1 aromatic carbocycles. The summed E-state index contributed by atoms with van der Waals surface area (Å²) in [7, 11) is 0. The van der Waals surface area contributed by atoms with Gasteiger partial charge in [0.05, 0.1) is 36.3 Å². The van der Waals surface area contributed by atoms with E-state index >= 15 is 0 Å². The van der Waals surface area contributed by atoms with E-state index in [9.17, 15) is 19.5 Å². The van der Waals surface area contributed by atoms with Gasteiger partial charge in [-0.1, -0.05) is 36.4 Å². The molecule has 3 saturated heterocycles. The number of ether oxygens (including phenoxy) is 2. The van der Waals surface area contributed by atoms with Gasteiger partial charge in [-0.15, -0.1) is 18.3 Å². The Morgan fingerprint density at radius 1 is 1.30 bits per heavy atom. The van der Waals surface area contributed by atoms with Crippen LogP contribution in [0.4, 0.5) is 0 Å². The second-order valence-corrected chi connectivity index (χ2v) is 10.9. The highest BCUT2D eigenvalue weighted by Gasteiger charge is 2.79. The number of aromatic nitrogens is 3. The largest absolute Gasteiger partial charge is 0.465 e. The highest BCUT2D eigenvalue weighted by atomic mass is 16.6. The summed E-state index contributed by atoms with van der Waals surface area (Å²) in [6.45, 7) is 11.2. The van der Waals surface area contributed by atoms with E-state index in [1.54, 1.807) is 28.7 Å². The number of esters is 1. The minimum absolute atomic E-state index is 0.0735. The van der Waals surface area contributed by atoms with Crippen LogP contribution in [-0.4, -0.2) is 90.7 Å². The molecule has 1 aromatic heterocycles. The first kappa shape index (κ1) is 28.0. The van der Waals surface area contributed by atoms with Gasteiger partial charge in [-0.05, 0) is 44.7 Å². The molecular formula is C29H37N5O6. The maximum Gasteiger partial charge on any atom is 0.312 e. The number of carbonyl (C=O) groups is 3. The Morgan fingerprint density at radius 2 is 2.08 bits per heavy atom. The fourth-order valence-electron chi connectivity index (χ4n) is 6.92. The van der Waals surface area contributed by atoms with Crippen molar-refractivity contribution in [3.8, 4) is 0 Å². The lowest BCUT2D eigenvalue weighted by Crippen LogP contribution is -2.58. The smallest absolute Gasteiger partial charge is 0.312 e. The molecule has 2 aromatic rings. The lowest BCUT2D eigenvalue weighted by Gasteiger charge is -2.38. The molecule has 2 amide bonds. The van der Waals surface area contributed by atoms with Gasteiger partial charge >= 0.3 is 5.97 Å². The number of amides is 2. The van der Waals surface area contributed by atoms with Crippen LogP contribution >= 0.6 is 0 Å². The highest BCUT2D eigenvalue weighted by molar-refractivity contribution is 5.98. The second kappa shape index (κ2) is 10.8. The van der Waals surface area contributed by atoms with Crippen LogP contribution in [0.3, 0.4) is 0 Å². The van der Waals surface area contributed by atoms with Crippen LogP contribution in [0.5, 0.6) is 0 Å². The first-order valence-corrected chi connectivity index (χ1v) is 13.9. The number of nitrogens with zero attached hydrogens (tertiary/aromatic N) is 5. The molecule has 0 radical (unpaired) electrons. The molecule has 1 N–H and O–H groups in total. The van der Waals surface area contributed by atoms with Crippen LogP contribution in [0.1, 0.15) is 39.5 Å². The van der Waals surface area contributed by atoms with Crippen LogP contribution < -0.4 is 0 Å². The summed E-state index contributed by atoms with van der Waals surface area (Å²) in [6.07, 6.45) is 5.22. The molecule has 2 bridgehead atoms. The first-order chi connectivity index (χ1) is 19.3. The topological polar surface area (TPSA) is 127 Å². The van der Waals surface area contributed by atoms with Crippen LogP contribution in [0, 0.1) is 11.8 Å². The molecule has 40 heavy (non-hydrogen) atoms. The molecule has 3 aliphatic rings. The summed E-state index contributed by atoms with van der Waals surface area (Å²) >= 11 is 0. The van der Waals surface area contributed by atoms with Gasteiger partial charge in [0.2, 0.25) is 11.8 Å². The van der Waals surface area contributed by atoms with E-state index in [1.165, 1.54) is 4.90 Å². The van der Waals surface area contributed by atoms with Gasteiger partial charge < -0.3 is 24.4 Å². The Bertz CT molecular complexity index is 1330. The molecular weight excluding hydrogens is 514 g/mol. The van der Waals surface area contributed by atoms with E-state index in [1.807, 2.05) is 31.2 Å². The Hall–Kier alpha value is -3.57. The van der Waals surface area contributed by atoms with Gasteiger partial charge in [0, 0.05) is 6.54 Å². The van der Waals surface area contributed by atoms with Crippen LogP contribution in [0.15, 0.2) is 49.6 Å². The molecule has 11 heteroatoms. The fourth-order valence-corrected chi connectivity index (χ4v) is 6.92. The van der Waals surface area contributed by atoms with Gasteiger partial charge in [-0.2, -0.15) is 0 Å². The monoisotopic (exact) mass is 551 g/mol. The van der Waals surface area contributed by atoms with Gasteiger partial charge in [0.25, 0.3) is 0 Å². The predicted molar refractivity (Wildman–Crippen MR) is 145 cm³/mol. The average Bonchev–Trinajstić information content (AvgIpc) is 3.69. The molecule has 11 nitrogen and oxygen atoms in total. The van der Waals surface area contributed by atoms with E-state index in [2.05, 4.69) is 23.5 Å². The van der Waals surface area contributed by atoms with Crippen LogP contribution in [-0.2, 0) is 30.5 Å². The van der Waals surface area contributed by atoms with Crippen molar-refractivity contribution in [3.05, 3.63) is 49.6 Å². The van der Waals surface area contributed by atoms with Crippen molar-refractivity contribution < 1.29 is 29.0 Å². The molecule has 3 aliphatic heterocycles. The second-order valence-electron chi connectivity index (χ2n) is 10.9. The van der Waals surface area contributed by atoms with Crippen molar-refractivity contribution in [2.75, 3.05) is 19.8 Å². The zero-order valence-corrected chi connectivity index (χ0v) is 23.1. The first-order valence-electron chi connectivity index (χ1n) is 13.9. The van der Waals surface area contributed by atoms with E-state index in [4.69, 9.17) is 9.47 Å². The van der Waals surface area contributed by atoms with Crippen LogP contribution in [0.2, 0.25) is 0 Å². The molecule has 0 aliphatic carbocycles. The summed E-state index contributed by atoms with van der Waals surface area (Å²) in [5.74, 6) is -2.96. The minimum atomic E-state index is -1.22. The van der Waals surface area contributed by atoms with Crippen LogP contribution in [0.25, 0.3) is 11.0 Å². The number of para-hydroxylation sites is 1. The van der Waals surface area contributed by atoms with Crippen molar-refractivity contribution in [2.45, 2.75) is 69.5 Å². The summed E-state index contributed by atoms with van der Waals surface area (Å²) in [5, 5.41) is 18.6. The Morgan fingerprint density at radius 3 is 2.77 bits per heavy atom. The minimum Gasteiger partial charge on any atom is -0.465 e. The van der Waals surface area contributed by atoms with Crippen molar-refractivity contribution >= 4 is 28.8 Å². The number of fused-ring (bicyclic) bond motifs is 2. The van der Waals surface area contributed by atoms with Crippen molar-refractivity contribution in [3.63, 3.8) is 0 Å². The maximum absolute atomic E-state index is 14.5. The van der Waals surface area contributed by atoms with Crippen molar-refractivity contribution in [1.29, 1.82) is 0 Å². The average molecular weight is 552 g/mol. The maximum atomic E-state index is 14.5. The Kier molecular flexibility index (Phi) is 7.54.